The standard InChI is InChI=1S/C38H33N/c1-24-10-14-32(18-25(24)2)39(31-16-12-30(13-17-31)38(3,4)5)33-15-11-28-22-36-34-20-26-8-6-7-9-27(26)21-35(34)37(36)23-29(28)19-33/h6-23H,1-5H3. The maximum Gasteiger partial charge on any atom is 0.0468 e. The fourth-order valence-electron chi connectivity index (χ4n) is 5.92. The molecule has 0 aliphatic heterocycles. The molecule has 6 aromatic rings. The monoisotopic (exact) mass is 503 g/mol. The molecule has 0 saturated heterocycles. The minimum atomic E-state index is 0.121. The first-order valence-electron chi connectivity index (χ1n) is 13.9. The molecule has 1 nitrogen and oxygen atoms in total. The minimum Gasteiger partial charge on any atom is -0.310 e. The van der Waals surface area contributed by atoms with Gasteiger partial charge >= 0.3 is 0 Å². The molecule has 1 heteroatoms. The van der Waals surface area contributed by atoms with Crippen molar-refractivity contribution in [1.29, 1.82) is 0 Å². The topological polar surface area (TPSA) is 3.24 Å². The lowest BCUT2D eigenvalue weighted by Crippen LogP contribution is -2.13. The van der Waals surface area contributed by atoms with Crippen LogP contribution >= 0.6 is 0 Å². The van der Waals surface area contributed by atoms with Crippen LogP contribution in [0.2, 0.25) is 0 Å². The number of rotatable bonds is 3. The van der Waals surface area contributed by atoms with Gasteiger partial charge < -0.3 is 4.90 Å². The third-order valence-corrected chi connectivity index (χ3v) is 8.42. The van der Waals surface area contributed by atoms with Crippen LogP contribution in [0.15, 0.2) is 109 Å². The molecule has 0 aromatic heterocycles. The van der Waals surface area contributed by atoms with Gasteiger partial charge in [0.2, 0.25) is 0 Å². The molecule has 0 heterocycles. The molecule has 1 aliphatic carbocycles. The number of nitrogens with zero attached hydrogens (tertiary/aromatic N) is 1. The summed E-state index contributed by atoms with van der Waals surface area (Å²) in [6.45, 7) is 11.2. The van der Waals surface area contributed by atoms with E-state index in [0.717, 1.165) is 0 Å². The third kappa shape index (κ3) is 3.92. The summed E-state index contributed by atoms with van der Waals surface area (Å²) in [4.78, 5) is 2.39. The molecule has 0 saturated carbocycles. The summed E-state index contributed by atoms with van der Waals surface area (Å²) in [6.07, 6.45) is 0. The van der Waals surface area contributed by atoms with E-state index in [1.165, 1.54) is 77.6 Å². The lowest BCUT2D eigenvalue weighted by molar-refractivity contribution is 0.590. The summed E-state index contributed by atoms with van der Waals surface area (Å²) < 4.78 is 0. The number of benzene rings is 6. The lowest BCUT2D eigenvalue weighted by Gasteiger charge is -2.29. The SMILES string of the molecule is Cc1ccc(N(c2ccc(C(C)(C)C)cc2)c2ccc3cc4c(cc3c2)-c2cc3ccccc3cc2-4)cc1C. The molecule has 7 rings (SSSR count). The van der Waals surface area contributed by atoms with Crippen molar-refractivity contribution in [3.05, 3.63) is 126 Å². The van der Waals surface area contributed by atoms with Gasteiger partial charge in [0.1, 0.15) is 0 Å². The van der Waals surface area contributed by atoms with E-state index in [0.29, 0.717) is 0 Å². The predicted octanol–water partition coefficient (Wildman–Crippen LogP) is 11.0. The number of aryl methyl sites for hydroxylation is 2. The molecule has 0 bridgehead atoms. The highest BCUT2D eigenvalue weighted by atomic mass is 15.1. The number of hydrogen-bond acceptors (Lipinski definition) is 1. The third-order valence-electron chi connectivity index (χ3n) is 8.42. The Labute approximate surface area is 231 Å². The Kier molecular flexibility index (Phi) is 5.22. The number of anilines is 3. The maximum atomic E-state index is 2.39. The number of fused-ring (bicyclic) bond motifs is 6. The van der Waals surface area contributed by atoms with E-state index in [9.17, 15) is 0 Å². The van der Waals surface area contributed by atoms with Crippen LogP contribution in [0.5, 0.6) is 0 Å². The average Bonchev–Trinajstić information content (AvgIpc) is 2.93. The first kappa shape index (κ1) is 23.7. The van der Waals surface area contributed by atoms with Gasteiger partial charge in [-0.1, -0.05) is 69.3 Å². The predicted molar refractivity (Wildman–Crippen MR) is 169 cm³/mol. The highest BCUT2D eigenvalue weighted by Gasteiger charge is 2.24. The first-order chi connectivity index (χ1) is 18.8. The van der Waals surface area contributed by atoms with Crippen molar-refractivity contribution < 1.29 is 0 Å². The molecular formula is C38H33N. The Morgan fingerprint density at radius 1 is 0.436 bits per heavy atom. The Morgan fingerprint density at radius 3 is 1.49 bits per heavy atom. The second kappa shape index (κ2) is 8.58. The van der Waals surface area contributed by atoms with Crippen LogP contribution < -0.4 is 4.90 Å². The molecule has 0 unspecified atom stereocenters. The van der Waals surface area contributed by atoms with Crippen molar-refractivity contribution >= 4 is 38.6 Å². The fourth-order valence-corrected chi connectivity index (χ4v) is 5.92. The molecule has 0 fully saturated rings. The highest BCUT2D eigenvalue weighted by molar-refractivity contribution is 6.12. The minimum absolute atomic E-state index is 0.121. The molecule has 190 valence electrons. The summed E-state index contributed by atoms with van der Waals surface area (Å²) in [5, 5.41) is 5.15. The molecule has 0 radical (unpaired) electrons. The van der Waals surface area contributed by atoms with Crippen molar-refractivity contribution in [2.24, 2.45) is 0 Å². The van der Waals surface area contributed by atoms with Crippen molar-refractivity contribution in [1.82, 2.24) is 0 Å². The zero-order chi connectivity index (χ0) is 26.9. The van der Waals surface area contributed by atoms with Gasteiger partial charge in [-0.3, -0.25) is 0 Å². The molecule has 0 amide bonds. The maximum absolute atomic E-state index is 2.39. The molecule has 0 spiro atoms. The Hall–Kier alpha value is -4.36. The van der Waals surface area contributed by atoms with Crippen molar-refractivity contribution in [3.63, 3.8) is 0 Å². The van der Waals surface area contributed by atoms with Crippen LogP contribution in [-0.2, 0) is 5.41 Å². The second-order valence-corrected chi connectivity index (χ2v) is 12.1. The van der Waals surface area contributed by atoms with E-state index in [4.69, 9.17) is 0 Å². The van der Waals surface area contributed by atoms with Gasteiger partial charge in [0.05, 0.1) is 0 Å². The molecule has 0 atom stereocenters. The van der Waals surface area contributed by atoms with Crippen LogP contribution in [0, 0.1) is 13.8 Å². The molecular weight excluding hydrogens is 470 g/mol. The summed E-state index contributed by atoms with van der Waals surface area (Å²) in [7, 11) is 0. The largest absolute Gasteiger partial charge is 0.310 e. The van der Waals surface area contributed by atoms with E-state index < -0.39 is 0 Å². The summed E-state index contributed by atoms with van der Waals surface area (Å²) >= 11 is 0. The fraction of sp³-hybridized carbons (Fsp3) is 0.158. The van der Waals surface area contributed by atoms with Crippen LogP contribution in [0.3, 0.4) is 0 Å². The summed E-state index contributed by atoms with van der Waals surface area (Å²) in [5.74, 6) is 0. The van der Waals surface area contributed by atoms with Gasteiger partial charge in [0.25, 0.3) is 0 Å². The zero-order valence-corrected chi connectivity index (χ0v) is 23.3. The van der Waals surface area contributed by atoms with Crippen molar-refractivity contribution in [3.8, 4) is 22.3 Å². The van der Waals surface area contributed by atoms with Crippen LogP contribution in [0.1, 0.15) is 37.5 Å². The van der Waals surface area contributed by atoms with E-state index in [1.54, 1.807) is 0 Å². The molecule has 0 N–H and O–H groups in total. The molecule has 1 aliphatic rings. The molecule has 39 heavy (non-hydrogen) atoms. The average molecular weight is 504 g/mol. The molecule has 6 aromatic carbocycles. The van der Waals surface area contributed by atoms with Crippen LogP contribution in [-0.4, -0.2) is 0 Å². The van der Waals surface area contributed by atoms with Crippen molar-refractivity contribution in [2.45, 2.75) is 40.0 Å². The Bertz CT molecular complexity index is 1900. The Morgan fingerprint density at radius 2 is 0.923 bits per heavy atom. The lowest BCUT2D eigenvalue weighted by atomic mass is 9.78. The zero-order valence-electron chi connectivity index (χ0n) is 23.3. The Balaban J connectivity index is 1.36. The quantitative estimate of drug-likeness (QED) is 0.232. The highest BCUT2D eigenvalue weighted by Crippen LogP contribution is 2.50. The van der Waals surface area contributed by atoms with Gasteiger partial charge in [0.15, 0.2) is 0 Å². The number of hydrogen-bond donors (Lipinski definition) is 0. The van der Waals surface area contributed by atoms with Crippen molar-refractivity contribution in [2.75, 3.05) is 4.90 Å². The summed E-state index contributed by atoms with van der Waals surface area (Å²) in [5.41, 5.74) is 13.0. The van der Waals surface area contributed by atoms with Crippen LogP contribution in [0.4, 0.5) is 17.1 Å². The van der Waals surface area contributed by atoms with Gasteiger partial charge in [-0.2, -0.15) is 0 Å². The van der Waals surface area contributed by atoms with Gasteiger partial charge in [-0.25, -0.2) is 0 Å². The van der Waals surface area contributed by atoms with Crippen LogP contribution in [0.25, 0.3) is 43.8 Å². The second-order valence-electron chi connectivity index (χ2n) is 12.1. The van der Waals surface area contributed by atoms with Gasteiger partial charge in [-0.05, 0) is 140 Å². The van der Waals surface area contributed by atoms with E-state index in [2.05, 4.69) is 149 Å². The van der Waals surface area contributed by atoms with Gasteiger partial charge in [-0.15, -0.1) is 0 Å². The normalized spacial score (nSPS) is 12.2. The van der Waals surface area contributed by atoms with E-state index in [1.807, 2.05) is 0 Å². The summed E-state index contributed by atoms with van der Waals surface area (Å²) in [6, 6.07) is 40.8. The van der Waals surface area contributed by atoms with E-state index >= 15 is 0 Å². The smallest absolute Gasteiger partial charge is 0.0468 e. The van der Waals surface area contributed by atoms with Gasteiger partial charge in [0, 0.05) is 17.1 Å². The van der Waals surface area contributed by atoms with E-state index in [-0.39, 0.29) is 5.41 Å². The first-order valence-corrected chi connectivity index (χ1v) is 13.9.